The maximum Gasteiger partial charge on any atom is 0.142 e. The zero-order chi connectivity index (χ0) is 13.8. The van der Waals surface area contributed by atoms with Gasteiger partial charge >= 0.3 is 0 Å². The van der Waals surface area contributed by atoms with Crippen molar-refractivity contribution in [3.63, 3.8) is 0 Å². The lowest BCUT2D eigenvalue weighted by Gasteiger charge is -2.08. The lowest BCUT2D eigenvalue weighted by Crippen LogP contribution is -1.98. The van der Waals surface area contributed by atoms with Crippen molar-refractivity contribution in [1.82, 2.24) is 9.97 Å². The first kappa shape index (κ1) is 14.3. The van der Waals surface area contributed by atoms with Crippen molar-refractivity contribution in [2.45, 2.75) is 33.1 Å². The molecular formula is C15H16Cl2N2. The molecule has 0 unspecified atom stereocenters. The summed E-state index contributed by atoms with van der Waals surface area (Å²) in [5.41, 5.74) is 2.85. The molecule has 19 heavy (non-hydrogen) atoms. The summed E-state index contributed by atoms with van der Waals surface area (Å²) in [6, 6.07) is 8.01. The summed E-state index contributed by atoms with van der Waals surface area (Å²) in [6.45, 7) is 4.17. The van der Waals surface area contributed by atoms with Crippen LogP contribution in [0.3, 0.4) is 0 Å². The third-order valence-corrected chi connectivity index (χ3v) is 3.51. The van der Waals surface area contributed by atoms with Crippen LogP contribution >= 0.6 is 23.2 Å². The molecule has 100 valence electrons. The number of nitrogens with zero attached hydrogens (tertiary/aromatic N) is 2. The van der Waals surface area contributed by atoms with Crippen molar-refractivity contribution in [3.8, 4) is 11.1 Å². The highest BCUT2D eigenvalue weighted by Gasteiger charge is 2.13. The molecule has 0 aliphatic rings. The van der Waals surface area contributed by atoms with Gasteiger partial charge in [0.25, 0.3) is 0 Å². The summed E-state index contributed by atoms with van der Waals surface area (Å²) >= 11 is 12.5. The average molecular weight is 295 g/mol. The van der Waals surface area contributed by atoms with Gasteiger partial charge in [0, 0.05) is 6.42 Å². The molecule has 1 aromatic heterocycles. The molecule has 1 heterocycles. The van der Waals surface area contributed by atoms with Crippen molar-refractivity contribution in [2.75, 3.05) is 0 Å². The third kappa shape index (κ3) is 3.46. The highest BCUT2D eigenvalue weighted by molar-refractivity contribution is 6.37. The van der Waals surface area contributed by atoms with Gasteiger partial charge in [-0.2, -0.15) is 0 Å². The van der Waals surface area contributed by atoms with Crippen LogP contribution in [0.5, 0.6) is 0 Å². The Morgan fingerprint density at radius 1 is 1.00 bits per heavy atom. The van der Waals surface area contributed by atoms with Crippen molar-refractivity contribution < 1.29 is 0 Å². The van der Waals surface area contributed by atoms with E-state index in [4.69, 9.17) is 23.2 Å². The van der Waals surface area contributed by atoms with Gasteiger partial charge in [0.05, 0.1) is 5.56 Å². The molecule has 0 fully saturated rings. The monoisotopic (exact) mass is 294 g/mol. The molecular weight excluding hydrogens is 279 g/mol. The summed E-state index contributed by atoms with van der Waals surface area (Å²) in [4.78, 5) is 8.68. The van der Waals surface area contributed by atoms with Crippen LogP contribution in [0.15, 0.2) is 24.3 Å². The third-order valence-electron chi connectivity index (χ3n) is 2.96. The van der Waals surface area contributed by atoms with Crippen molar-refractivity contribution in [2.24, 2.45) is 0 Å². The van der Waals surface area contributed by atoms with Gasteiger partial charge < -0.3 is 0 Å². The van der Waals surface area contributed by atoms with Gasteiger partial charge in [-0.05, 0) is 18.9 Å². The molecule has 0 bridgehead atoms. The van der Waals surface area contributed by atoms with Gasteiger partial charge in [0.2, 0.25) is 0 Å². The lowest BCUT2D eigenvalue weighted by atomic mass is 10.1. The first-order valence-electron chi connectivity index (χ1n) is 6.40. The standard InChI is InChI=1S/C15H16Cl2N2/c1-3-4-5-12-18-14(16)13(15(17)19-12)11-8-6-10(2)7-9-11/h6-9H,3-5H2,1-2H3. The van der Waals surface area contributed by atoms with Gasteiger partial charge in [0.1, 0.15) is 16.1 Å². The van der Waals surface area contributed by atoms with E-state index < -0.39 is 0 Å². The van der Waals surface area contributed by atoms with Gasteiger partial charge in [0.15, 0.2) is 0 Å². The minimum atomic E-state index is 0.426. The highest BCUT2D eigenvalue weighted by atomic mass is 35.5. The molecule has 0 radical (unpaired) electrons. The van der Waals surface area contributed by atoms with E-state index in [1.807, 2.05) is 31.2 Å². The van der Waals surface area contributed by atoms with E-state index in [1.165, 1.54) is 5.56 Å². The number of aryl methyl sites for hydroxylation is 2. The van der Waals surface area contributed by atoms with Gasteiger partial charge in [-0.25, -0.2) is 9.97 Å². The van der Waals surface area contributed by atoms with Gasteiger partial charge in [-0.3, -0.25) is 0 Å². The molecule has 0 saturated heterocycles. The molecule has 2 rings (SSSR count). The maximum atomic E-state index is 6.25. The Morgan fingerprint density at radius 2 is 1.58 bits per heavy atom. The molecule has 2 aromatic rings. The number of halogens is 2. The first-order chi connectivity index (χ1) is 9.11. The normalized spacial score (nSPS) is 10.7. The van der Waals surface area contributed by atoms with E-state index in [0.717, 1.165) is 24.8 Å². The summed E-state index contributed by atoms with van der Waals surface area (Å²) < 4.78 is 0. The van der Waals surface area contributed by atoms with Crippen LogP contribution in [0.4, 0.5) is 0 Å². The minimum Gasteiger partial charge on any atom is -0.220 e. The zero-order valence-electron chi connectivity index (χ0n) is 11.1. The van der Waals surface area contributed by atoms with Gasteiger partial charge in [-0.15, -0.1) is 0 Å². The molecule has 0 spiro atoms. The zero-order valence-corrected chi connectivity index (χ0v) is 12.6. The van der Waals surface area contributed by atoms with E-state index in [0.29, 0.717) is 21.7 Å². The fourth-order valence-corrected chi connectivity index (χ4v) is 2.49. The van der Waals surface area contributed by atoms with Crippen LogP contribution in [0.25, 0.3) is 11.1 Å². The molecule has 0 atom stereocenters. The fraction of sp³-hybridized carbons (Fsp3) is 0.333. The van der Waals surface area contributed by atoms with Crippen molar-refractivity contribution in [1.29, 1.82) is 0 Å². The smallest absolute Gasteiger partial charge is 0.142 e. The Kier molecular flexibility index (Phi) is 4.78. The van der Waals surface area contributed by atoms with Crippen LogP contribution in [0, 0.1) is 6.92 Å². The Bertz CT molecular complexity index is 542. The number of hydrogen-bond donors (Lipinski definition) is 0. The SMILES string of the molecule is CCCCc1nc(Cl)c(-c2ccc(C)cc2)c(Cl)n1. The summed E-state index contributed by atoms with van der Waals surface area (Å²) in [5.74, 6) is 0.715. The van der Waals surface area contributed by atoms with Gasteiger partial charge in [-0.1, -0.05) is 66.4 Å². The second kappa shape index (κ2) is 6.36. The van der Waals surface area contributed by atoms with Crippen molar-refractivity contribution >= 4 is 23.2 Å². The summed E-state index contributed by atoms with van der Waals surface area (Å²) in [5, 5.41) is 0.852. The molecule has 0 saturated carbocycles. The first-order valence-corrected chi connectivity index (χ1v) is 7.16. The Balaban J connectivity index is 2.38. The molecule has 0 aliphatic heterocycles. The Hall–Kier alpha value is -1.12. The van der Waals surface area contributed by atoms with E-state index in [1.54, 1.807) is 0 Å². The van der Waals surface area contributed by atoms with Crippen LogP contribution < -0.4 is 0 Å². The average Bonchev–Trinajstić information content (AvgIpc) is 2.38. The lowest BCUT2D eigenvalue weighted by molar-refractivity contribution is 0.753. The minimum absolute atomic E-state index is 0.426. The Labute approximate surface area is 123 Å². The summed E-state index contributed by atoms with van der Waals surface area (Å²) in [6.07, 6.45) is 2.94. The number of rotatable bonds is 4. The number of benzene rings is 1. The number of hydrogen-bond acceptors (Lipinski definition) is 2. The number of aromatic nitrogens is 2. The molecule has 0 N–H and O–H groups in total. The summed E-state index contributed by atoms with van der Waals surface area (Å²) in [7, 11) is 0. The quantitative estimate of drug-likeness (QED) is 0.733. The van der Waals surface area contributed by atoms with Crippen LogP contribution in [0.2, 0.25) is 10.3 Å². The molecule has 2 nitrogen and oxygen atoms in total. The maximum absolute atomic E-state index is 6.25. The predicted octanol–water partition coefficient (Wildman–Crippen LogP) is 5.10. The van der Waals surface area contributed by atoms with Crippen LogP contribution in [0.1, 0.15) is 31.2 Å². The van der Waals surface area contributed by atoms with E-state index in [-0.39, 0.29) is 0 Å². The van der Waals surface area contributed by atoms with E-state index in [2.05, 4.69) is 16.9 Å². The highest BCUT2D eigenvalue weighted by Crippen LogP contribution is 2.32. The molecule has 0 amide bonds. The molecule has 1 aromatic carbocycles. The molecule has 4 heteroatoms. The van der Waals surface area contributed by atoms with E-state index >= 15 is 0 Å². The second-order valence-corrected chi connectivity index (χ2v) is 5.28. The van der Waals surface area contributed by atoms with Crippen LogP contribution in [-0.4, -0.2) is 9.97 Å². The number of unbranched alkanes of at least 4 members (excludes halogenated alkanes) is 1. The van der Waals surface area contributed by atoms with Crippen LogP contribution in [-0.2, 0) is 6.42 Å². The largest absolute Gasteiger partial charge is 0.220 e. The van der Waals surface area contributed by atoms with E-state index in [9.17, 15) is 0 Å². The second-order valence-electron chi connectivity index (χ2n) is 4.57. The fourth-order valence-electron chi connectivity index (χ4n) is 1.85. The van der Waals surface area contributed by atoms with Crippen molar-refractivity contribution in [3.05, 3.63) is 46.0 Å². The predicted molar refractivity (Wildman–Crippen MR) is 80.8 cm³/mol. The Morgan fingerprint density at radius 3 is 2.11 bits per heavy atom. The topological polar surface area (TPSA) is 25.8 Å². The molecule has 0 aliphatic carbocycles.